The molecule has 0 saturated carbocycles. The van der Waals surface area contributed by atoms with E-state index in [9.17, 15) is 13.2 Å². The van der Waals surface area contributed by atoms with Crippen LogP contribution in [0.2, 0.25) is 5.02 Å². The molecular formula is C20H25ClN2O5S. The SMILES string of the molecule is COc1ccc(N(CC(=O)NCCCc2ccccc2Cl)S(C)(=O)=O)cc1OC. The number of nitrogens with zero attached hydrogens (tertiary/aromatic N) is 1. The molecule has 0 spiro atoms. The van der Waals surface area contributed by atoms with E-state index in [4.69, 9.17) is 21.1 Å². The smallest absolute Gasteiger partial charge is 0.240 e. The van der Waals surface area contributed by atoms with Crippen LogP contribution in [0.5, 0.6) is 11.5 Å². The number of rotatable bonds is 10. The van der Waals surface area contributed by atoms with Gasteiger partial charge in [0.15, 0.2) is 11.5 Å². The first-order valence-corrected chi connectivity index (χ1v) is 11.2. The van der Waals surface area contributed by atoms with E-state index in [1.807, 2.05) is 24.3 Å². The molecule has 1 amide bonds. The molecule has 2 aromatic carbocycles. The van der Waals surface area contributed by atoms with Crippen LogP contribution in [0.4, 0.5) is 5.69 Å². The van der Waals surface area contributed by atoms with E-state index < -0.39 is 15.9 Å². The molecule has 0 radical (unpaired) electrons. The molecule has 1 N–H and O–H groups in total. The Kier molecular flexibility index (Phi) is 8.16. The van der Waals surface area contributed by atoms with Crippen LogP contribution >= 0.6 is 11.6 Å². The maximum atomic E-state index is 12.3. The molecule has 0 heterocycles. The largest absolute Gasteiger partial charge is 0.493 e. The van der Waals surface area contributed by atoms with E-state index in [0.29, 0.717) is 41.6 Å². The Morgan fingerprint density at radius 1 is 1.10 bits per heavy atom. The summed E-state index contributed by atoms with van der Waals surface area (Å²) < 4.78 is 35.9. The van der Waals surface area contributed by atoms with Crippen molar-refractivity contribution < 1.29 is 22.7 Å². The van der Waals surface area contributed by atoms with E-state index in [2.05, 4.69) is 5.32 Å². The predicted octanol–water partition coefficient (Wildman–Crippen LogP) is 2.87. The number of ether oxygens (including phenoxy) is 2. The molecule has 0 bridgehead atoms. The molecule has 0 unspecified atom stereocenters. The van der Waals surface area contributed by atoms with Crippen molar-refractivity contribution in [2.24, 2.45) is 0 Å². The van der Waals surface area contributed by atoms with Crippen molar-refractivity contribution in [3.8, 4) is 11.5 Å². The maximum absolute atomic E-state index is 12.3. The van der Waals surface area contributed by atoms with Gasteiger partial charge >= 0.3 is 0 Å². The number of carbonyl (C=O) groups excluding carboxylic acids is 1. The number of hydrogen-bond donors (Lipinski definition) is 1. The minimum Gasteiger partial charge on any atom is -0.493 e. The van der Waals surface area contributed by atoms with Crippen molar-refractivity contribution in [3.05, 3.63) is 53.1 Å². The van der Waals surface area contributed by atoms with E-state index in [0.717, 1.165) is 16.1 Å². The third kappa shape index (κ3) is 6.54. The van der Waals surface area contributed by atoms with Gasteiger partial charge < -0.3 is 14.8 Å². The van der Waals surface area contributed by atoms with Crippen LogP contribution in [0.25, 0.3) is 0 Å². The first kappa shape index (κ1) is 22.8. The van der Waals surface area contributed by atoms with Gasteiger partial charge in [0.1, 0.15) is 6.54 Å². The summed E-state index contributed by atoms with van der Waals surface area (Å²) in [5.41, 5.74) is 1.32. The molecule has 0 aliphatic rings. The summed E-state index contributed by atoms with van der Waals surface area (Å²) >= 11 is 6.12. The van der Waals surface area contributed by atoms with Crippen LogP contribution in [0.3, 0.4) is 0 Å². The fraction of sp³-hybridized carbons (Fsp3) is 0.350. The summed E-state index contributed by atoms with van der Waals surface area (Å²) in [5.74, 6) is 0.442. The van der Waals surface area contributed by atoms with Gasteiger partial charge in [-0.05, 0) is 36.6 Å². The maximum Gasteiger partial charge on any atom is 0.240 e. The van der Waals surface area contributed by atoms with E-state index in [1.165, 1.54) is 20.3 Å². The monoisotopic (exact) mass is 440 g/mol. The molecule has 7 nitrogen and oxygen atoms in total. The summed E-state index contributed by atoms with van der Waals surface area (Å²) in [4.78, 5) is 12.3. The second-order valence-electron chi connectivity index (χ2n) is 6.35. The van der Waals surface area contributed by atoms with E-state index in [1.54, 1.807) is 12.1 Å². The summed E-state index contributed by atoms with van der Waals surface area (Å²) in [5, 5.41) is 3.44. The minimum atomic E-state index is -3.68. The number of methoxy groups -OCH3 is 2. The van der Waals surface area contributed by atoms with Crippen molar-refractivity contribution in [3.63, 3.8) is 0 Å². The number of anilines is 1. The van der Waals surface area contributed by atoms with Crippen LogP contribution in [0, 0.1) is 0 Å². The normalized spacial score (nSPS) is 11.0. The quantitative estimate of drug-likeness (QED) is 0.574. The Morgan fingerprint density at radius 3 is 2.41 bits per heavy atom. The zero-order chi connectivity index (χ0) is 21.4. The topological polar surface area (TPSA) is 84.9 Å². The number of benzene rings is 2. The van der Waals surface area contributed by atoms with Crippen LogP contribution in [-0.4, -0.2) is 47.9 Å². The Hall–Kier alpha value is -2.45. The average Bonchev–Trinajstić information content (AvgIpc) is 2.69. The molecule has 29 heavy (non-hydrogen) atoms. The second-order valence-corrected chi connectivity index (χ2v) is 8.67. The predicted molar refractivity (Wildman–Crippen MR) is 115 cm³/mol. The highest BCUT2D eigenvalue weighted by molar-refractivity contribution is 7.92. The van der Waals surface area contributed by atoms with Crippen LogP contribution < -0.4 is 19.1 Å². The molecular weight excluding hydrogens is 416 g/mol. The zero-order valence-electron chi connectivity index (χ0n) is 16.6. The average molecular weight is 441 g/mol. The van der Waals surface area contributed by atoms with Gasteiger partial charge in [-0.15, -0.1) is 0 Å². The van der Waals surface area contributed by atoms with Gasteiger partial charge in [-0.3, -0.25) is 9.10 Å². The second kappa shape index (κ2) is 10.4. The van der Waals surface area contributed by atoms with Crippen molar-refractivity contribution in [1.29, 1.82) is 0 Å². The minimum absolute atomic E-state index is 0.316. The highest BCUT2D eigenvalue weighted by Gasteiger charge is 2.22. The Bertz CT molecular complexity index is 950. The van der Waals surface area contributed by atoms with Gasteiger partial charge in [-0.1, -0.05) is 29.8 Å². The molecule has 0 atom stereocenters. The zero-order valence-corrected chi connectivity index (χ0v) is 18.2. The van der Waals surface area contributed by atoms with Crippen molar-refractivity contribution in [2.75, 3.05) is 37.9 Å². The number of sulfonamides is 1. The summed E-state index contributed by atoms with van der Waals surface area (Å²) in [7, 11) is -0.734. The lowest BCUT2D eigenvalue weighted by Gasteiger charge is -2.23. The van der Waals surface area contributed by atoms with Crippen LogP contribution in [-0.2, 0) is 21.2 Å². The van der Waals surface area contributed by atoms with Gasteiger partial charge in [0, 0.05) is 17.6 Å². The number of nitrogens with one attached hydrogen (secondary N) is 1. The fourth-order valence-electron chi connectivity index (χ4n) is 2.77. The molecule has 2 rings (SSSR count). The highest BCUT2D eigenvalue weighted by atomic mass is 35.5. The first-order chi connectivity index (χ1) is 13.8. The van der Waals surface area contributed by atoms with Gasteiger partial charge in [0.05, 0.1) is 26.2 Å². The number of hydrogen-bond acceptors (Lipinski definition) is 5. The molecule has 9 heteroatoms. The van der Waals surface area contributed by atoms with Crippen molar-refractivity contribution >= 4 is 33.2 Å². The highest BCUT2D eigenvalue weighted by Crippen LogP contribution is 2.32. The van der Waals surface area contributed by atoms with Crippen molar-refractivity contribution in [1.82, 2.24) is 5.32 Å². The van der Waals surface area contributed by atoms with E-state index >= 15 is 0 Å². The standard InChI is InChI=1S/C20H25ClN2O5S/c1-27-18-11-10-16(13-19(18)28-2)23(29(3,25)26)14-20(24)22-12-6-8-15-7-4-5-9-17(15)21/h4-5,7,9-11,13H,6,8,12,14H2,1-3H3,(H,22,24). The Morgan fingerprint density at radius 2 is 1.79 bits per heavy atom. The Balaban J connectivity index is 2.00. The van der Waals surface area contributed by atoms with Crippen LogP contribution in [0.15, 0.2) is 42.5 Å². The summed E-state index contributed by atoms with van der Waals surface area (Å²) in [6.07, 6.45) is 2.45. The molecule has 0 saturated heterocycles. The molecule has 0 aliphatic carbocycles. The molecule has 158 valence electrons. The van der Waals surface area contributed by atoms with Gasteiger partial charge in [0.25, 0.3) is 0 Å². The van der Waals surface area contributed by atoms with Gasteiger partial charge in [-0.2, -0.15) is 0 Å². The fourth-order valence-corrected chi connectivity index (χ4v) is 3.85. The number of halogens is 1. The molecule has 0 aromatic heterocycles. The first-order valence-electron chi connectivity index (χ1n) is 8.96. The summed E-state index contributed by atoms with van der Waals surface area (Å²) in [6, 6.07) is 12.2. The van der Waals surface area contributed by atoms with Gasteiger partial charge in [0.2, 0.25) is 15.9 Å². The number of carbonyl (C=O) groups is 1. The third-order valence-electron chi connectivity index (χ3n) is 4.25. The molecule has 0 aliphatic heterocycles. The van der Waals surface area contributed by atoms with Gasteiger partial charge in [-0.25, -0.2) is 8.42 Å². The lowest BCUT2D eigenvalue weighted by atomic mass is 10.1. The lowest BCUT2D eigenvalue weighted by molar-refractivity contribution is -0.119. The Labute approximate surface area is 176 Å². The number of aryl methyl sites for hydroxylation is 1. The third-order valence-corrected chi connectivity index (χ3v) is 5.75. The summed E-state index contributed by atoms with van der Waals surface area (Å²) in [6.45, 7) is 0.0774. The molecule has 0 fully saturated rings. The lowest BCUT2D eigenvalue weighted by Crippen LogP contribution is -2.40. The van der Waals surface area contributed by atoms with Crippen LogP contribution in [0.1, 0.15) is 12.0 Å². The number of amides is 1. The van der Waals surface area contributed by atoms with Crippen molar-refractivity contribution in [2.45, 2.75) is 12.8 Å². The molecule has 2 aromatic rings. The van der Waals surface area contributed by atoms with E-state index in [-0.39, 0.29) is 6.54 Å².